The van der Waals surface area contributed by atoms with Gasteiger partial charge in [-0.3, -0.25) is 4.79 Å². The molecule has 0 aliphatic heterocycles. The van der Waals surface area contributed by atoms with Crippen molar-refractivity contribution >= 4 is 44.9 Å². The fraction of sp³-hybridized carbons (Fsp3) is 0. The van der Waals surface area contributed by atoms with E-state index in [2.05, 4.69) is 5.32 Å². The predicted octanol–water partition coefficient (Wildman–Crippen LogP) is 5.11. The molecule has 0 unspecified atom stereocenters. The number of nitrogens with two attached hydrogens (primary N) is 1. The summed E-state index contributed by atoms with van der Waals surface area (Å²) in [6.07, 6.45) is 1.14. The van der Waals surface area contributed by atoms with E-state index in [0.717, 1.165) is 21.2 Å². The number of nitrogen functional groups attached to an aromatic ring is 1. The van der Waals surface area contributed by atoms with Crippen molar-refractivity contribution in [1.82, 2.24) is 0 Å². The van der Waals surface area contributed by atoms with Crippen LogP contribution in [0.1, 0.15) is 15.9 Å². The number of nitrogens with one attached hydrogen (secondary N) is 2. The molecular formula is C22H17N3O2S. The minimum Gasteiger partial charge on any atom is -0.506 e. The molecule has 3 aromatic carbocycles. The summed E-state index contributed by atoms with van der Waals surface area (Å²) in [5.74, 6) is -0.393. The second-order valence-corrected chi connectivity index (χ2v) is 7.37. The zero-order chi connectivity index (χ0) is 19.7. The Balaban J connectivity index is 1.78. The summed E-state index contributed by atoms with van der Waals surface area (Å²) in [5.41, 5.74) is 8.61. The molecule has 28 heavy (non-hydrogen) atoms. The molecule has 1 aromatic heterocycles. The average molecular weight is 387 g/mol. The van der Waals surface area contributed by atoms with Crippen LogP contribution in [-0.2, 0) is 0 Å². The summed E-state index contributed by atoms with van der Waals surface area (Å²) in [7, 11) is 0. The standard InChI is InChI=1S/C22H17N3O2S/c23-12-15-9-14(22(27)25-17-6-2-3-7-18(17)26)10-16(21(15)24)20-11-13-5-1-4-8-19(13)28-20/h1-12,23,26H,24H2,(H,25,27). The molecule has 5 nitrogen and oxygen atoms in total. The van der Waals surface area contributed by atoms with Crippen molar-refractivity contribution in [1.29, 1.82) is 5.41 Å². The first-order chi connectivity index (χ1) is 13.6. The topological polar surface area (TPSA) is 99.2 Å². The van der Waals surface area contributed by atoms with Gasteiger partial charge in [-0.05, 0) is 41.8 Å². The van der Waals surface area contributed by atoms with Crippen molar-refractivity contribution in [3.63, 3.8) is 0 Å². The zero-order valence-corrected chi connectivity index (χ0v) is 15.6. The van der Waals surface area contributed by atoms with E-state index in [0.29, 0.717) is 28.1 Å². The fourth-order valence-electron chi connectivity index (χ4n) is 3.02. The van der Waals surface area contributed by atoms with Gasteiger partial charge in [-0.15, -0.1) is 11.3 Å². The summed E-state index contributed by atoms with van der Waals surface area (Å²) in [6, 6.07) is 19.9. The largest absolute Gasteiger partial charge is 0.506 e. The number of carbonyl (C=O) groups excluding carboxylic acids is 1. The lowest BCUT2D eigenvalue weighted by Gasteiger charge is -2.12. The van der Waals surface area contributed by atoms with E-state index >= 15 is 0 Å². The molecule has 0 spiro atoms. The number of benzene rings is 3. The average Bonchev–Trinajstić information content (AvgIpc) is 3.13. The first-order valence-corrected chi connectivity index (χ1v) is 9.41. The molecular weight excluding hydrogens is 370 g/mol. The van der Waals surface area contributed by atoms with Gasteiger partial charge in [-0.1, -0.05) is 30.3 Å². The summed E-state index contributed by atoms with van der Waals surface area (Å²) < 4.78 is 1.12. The van der Waals surface area contributed by atoms with Crippen LogP contribution >= 0.6 is 11.3 Å². The van der Waals surface area contributed by atoms with Gasteiger partial charge < -0.3 is 21.6 Å². The molecule has 0 bridgehead atoms. The number of anilines is 2. The molecule has 1 amide bonds. The number of thiophene rings is 1. The van der Waals surface area contributed by atoms with Gasteiger partial charge in [-0.2, -0.15) is 0 Å². The van der Waals surface area contributed by atoms with Crippen LogP contribution in [0.3, 0.4) is 0 Å². The van der Waals surface area contributed by atoms with Gasteiger partial charge in [0.05, 0.1) is 5.69 Å². The minimum absolute atomic E-state index is 0.0108. The van der Waals surface area contributed by atoms with Crippen molar-refractivity contribution in [2.45, 2.75) is 0 Å². The monoisotopic (exact) mass is 387 g/mol. The third-order valence-electron chi connectivity index (χ3n) is 4.47. The highest BCUT2D eigenvalue weighted by atomic mass is 32.1. The van der Waals surface area contributed by atoms with E-state index in [4.69, 9.17) is 11.1 Å². The number of hydrogen-bond donors (Lipinski definition) is 4. The maximum Gasteiger partial charge on any atom is 0.255 e. The Bertz CT molecular complexity index is 1180. The van der Waals surface area contributed by atoms with Crippen LogP contribution in [0.2, 0.25) is 0 Å². The highest BCUT2D eigenvalue weighted by molar-refractivity contribution is 7.22. The van der Waals surface area contributed by atoms with Crippen LogP contribution < -0.4 is 11.1 Å². The smallest absolute Gasteiger partial charge is 0.255 e. The third-order valence-corrected chi connectivity index (χ3v) is 5.62. The Hall–Kier alpha value is -3.64. The highest BCUT2D eigenvalue weighted by Crippen LogP contribution is 2.38. The van der Waals surface area contributed by atoms with Gasteiger partial charge in [-0.25, -0.2) is 0 Å². The molecule has 0 radical (unpaired) electrons. The van der Waals surface area contributed by atoms with Gasteiger partial charge in [0.1, 0.15) is 5.75 Å². The number of carbonyl (C=O) groups is 1. The Morgan fingerprint density at radius 1 is 1.07 bits per heavy atom. The molecule has 6 heteroatoms. The van der Waals surface area contributed by atoms with E-state index in [-0.39, 0.29) is 11.7 Å². The lowest BCUT2D eigenvalue weighted by Crippen LogP contribution is -2.13. The highest BCUT2D eigenvalue weighted by Gasteiger charge is 2.16. The van der Waals surface area contributed by atoms with Crippen molar-refractivity contribution in [3.8, 4) is 16.2 Å². The zero-order valence-electron chi connectivity index (χ0n) is 14.8. The van der Waals surface area contributed by atoms with Crippen LogP contribution in [0.25, 0.3) is 20.5 Å². The molecule has 0 aliphatic rings. The summed E-state index contributed by atoms with van der Waals surface area (Å²) in [6.45, 7) is 0. The van der Waals surface area contributed by atoms with Crippen LogP contribution in [0, 0.1) is 5.41 Å². The molecule has 1 heterocycles. The number of rotatable bonds is 4. The molecule has 4 aromatic rings. The number of fused-ring (bicyclic) bond motifs is 1. The van der Waals surface area contributed by atoms with E-state index in [9.17, 15) is 9.90 Å². The summed E-state index contributed by atoms with van der Waals surface area (Å²) >= 11 is 1.58. The predicted molar refractivity (Wildman–Crippen MR) is 116 cm³/mol. The molecule has 5 N–H and O–H groups in total. The molecule has 0 aliphatic carbocycles. The van der Waals surface area contributed by atoms with Gasteiger partial charge in [0.2, 0.25) is 0 Å². The lowest BCUT2D eigenvalue weighted by atomic mass is 10.0. The summed E-state index contributed by atoms with van der Waals surface area (Å²) in [4.78, 5) is 13.7. The van der Waals surface area contributed by atoms with Crippen LogP contribution in [0.4, 0.5) is 11.4 Å². The minimum atomic E-state index is -0.382. The van der Waals surface area contributed by atoms with Gasteiger partial charge in [0.15, 0.2) is 0 Å². The Morgan fingerprint density at radius 3 is 2.57 bits per heavy atom. The molecule has 0 atom stereocenters. The SMILES string of the molecule is N=Cc1cc(C(=O)Nc2ccccc2O)cc(-c2cc3ccccc3s2)c1N. The third kappa shape index (κ3) is 3.21. The van der Waals surface area contributed by atoms with Crippen molar-refractivity contribution in [2.24, 2.45) is 0 Å². The van der Waals surface area contributed by atoms with E-state index in [1.54, 1.807) is 41.7 Å². The van der Waals surface area contributed by atoms with Crippen molar-refractivity contribution in [2.75, 3.05) is 11.1 Å². The van der Waals surface area contributed by atoms with Crippen LogP contribution in [0.5, 0.6) is 5.75 Å². The normalized spacial score (nSPS) is 10.7. The molecule has 0 fully saturated rings. The Kier molecular flexibility index (Phi) is 4.55. The lowest BCUT2D eigenvalue weighted by molar-refractivity contribution is 0.102. The number of aromatic hydroxyl groups is 1. The number of phenolic OH excluding ortho intramolecular Hbond substituents is 1. The van der Waals surface area contributed by atoms with Crippen LogP contribution in [0.15, 0.2) is 66.7 Å². The Labute approximate surface area is 165 Å². The second-order valence-electron chi connectivity index (χ2n) is 6.29. The first-order valence-electron chi connectivity index (χ1n) is 8.59. The van der Waals surface area contributed by atoms with Gasteiger partial charge >= 0.3 is 0 Å². The quantitative estimate of drug-likeness (QED) is 0.222. The molecule has 0 saturated heterocycles. The number of amides is 1. The van der Waals surface area contributed by atoms with E-state index in [1.807, 2.05) is 30.3 Å². The molecule has 0 saturated carbocycles. The maximum absolute atomic E-state index is 12.8. The molecule has 138 valence electrons. The van der Waals surface area contributed by atoms with Crippen molar-refractivity contribution in [3.05, 3.63) is 77.9 Å². The molecule has 4 rings (SSSR count). The fourth-order valence-corrected chi connectivity index (χ4v) is 4.11. The first kappa shape index (κ1) is 17.8. The Morgan fingerprint density at radius 2 is 1.82 bits per heavy atom. The second kappa shape index (κ2) is 7.17. The van der Waals surface area contributed by atoms with Gasteiger partial charge in [0.25, 0.3) is 5.91 Å². The van der Waals surface area contributed by atoms with Gasteiger partial charge in [0, 0.05) is 38.2 Å². The van der Waals surface area contributed by atoms with E-state index in [1.165, 1.54) is 6.07 Å². The van der Waals surface area contributed by atoms with E-state index < -0.39 is 0 Å². The summed E-state index contributed by atoms with van der Waals surface area (Å²) in [5, 5.41) is 21.4. The number of phenols is 1. The number of hydrogen-bond acceptors (Lipinski definition) is 5. The van der Waals surface area contributed by atoms with Crippen molar-refractivity contribution < 1.29 is 9.90 Å². The number of para-hydroxylation sites is 2. The van der Waals surface area contributed by atoms with Crippen LogP contribution in [-0.4, -0.2) is 17.2 Å². The maximum atomic E-state index is 12.8.